The molecular weight excluding hydrogens is 274 g/mol. The van der Waals surface area contributed by atoms with Crippen LogP contribution < -0.4 is 0 Å². The molecule has 6 heteroatoms. The van der Waals surface area contributed by atoms with Crippen LogP contribution in [0.5, 0.6) is 0 Å². The molecule has 0 aromatic heterocycles. The Balaban J connectivity index is 2.89. The lowest BCUT2D eigenvalue weighted by molar-refractivity contribution is -0.124. The zero-order valence-electron chi connectivity index (χ0n) is 13.1. The number of carbonyl (C=O) groups excluding carboxylic acids is 3. The van der Waals surface area contributed by atoms with Crippen LogP contribution in [-0.2, 0) is 19.1 Å². The Hall–Kier alpha value is -1.81. The summed E-state index contributed by atoms with van der Waals surface area (Å²) in [6.07, 6.45) is 1.57. The van der Waals surface area contributed by atoms with E-state index in [9.17, 15) is 14.4 Å². The third-order valence-electron chi connectivity index (χ3n) is 3.04. The summed E-state index contributed by atoms with van der Waals surface area (Å²) in [5.74, 6) is 0.672. The van der Waals surface area contributed by atoms with E-state index < -0.39 is 23.5 Å². The van der Waals surface area contributed by atoms with Gasteiger partial charge in [0.1, 0.15) is 11.6 Å². The van der Waals surface area contributed by atoms with E-state index >= 15 is 0 Å². The average Bonchev–Trinajstić information content (AvgIpc) is 2.42. The van der Waals surface area contributed by atoms with Gasteiger partial charge in [0.25, 0.3) is 0 Å². The molecule has 0 aliphatic carbocycles. The zero-order valence-corrected chi connectivity index (χ0v) is 13.1. The van der Waals surface area contributed by atoms with Gasteiger partial charge in [-0.2, -0.15) is 0 Å². The van der Waals surface area contributed by atoms with Crippen LogP contribution in [0.25, 0.3) is 0 Å². The minimum atomic E-state index is -0.711. The number of nitrogens with zero attached hydrogens (tertiary/aromatic N) is 1. The Morgan fingerprint density at radius 2 is 1.95 bits per heavy atom. The topological polar surface area (TPSA) is 72.9 Å². The highest BCUT2D eigenvalue weighted by atomic mass is 16.6. The van der Waals surface area contributed by atoms with Gasteiger partial charge in [-0.1, -0.05) is 0 Å². The van der Waals surface area contributed by atoms with Crippen molar-refractivity contribution in [3.05, 3.63) is 5.76 Å². The number of amides is 1. The number of ether oxygens (including phenoxy) is 2. The van der Waals surface area contributed by atoms with Gasteiger partial charge in [0, 0.05) is 6.54 Å². The Morgan fingerprint density at radius 3 is 2.48 bits per heavy atom. The van der Waals surface area contributed by atoms with Gasteiger partial charge in [-0.25, -0.2) is 9.59 Å². The van der Waals surface area contributed by atoms with Gasteiger partial charge in [-0.3, -0.25) is 9.69 Å². The quantitative estimate of drug-likeness (QED) is 0.451. The second-order valence-electron chi connectivity index (χ2n) is 5.91. The first-order valence-corrected chi connectivity index (χ1v) is 7.22. The molecule has 0 aromatic rings. The molecule has 1 atom stereocenters. The van der Waals surface area contributed by atoms with Gasteiger partial charge in [0.2, 0.25) is 11.5 Å². The smallest absolute Gasteiger partial charge is 0.410 e. The van der Waals surface area contributed by atoms with Crippen LogP contribution in [0.3, 0.4) is 0 Å². The number of Topliss-reactive ketones (excluding diaryl/α,β-unsaturated/α-hetero) is 1. The molecule has 1 saturated heterocycles. The van der Waals surface area contributed by atoms with E-state index in [0.717, 1.165) is 12.8 Å². The van der Waals surface area contributed by atoms with E-state index in [1.54, 1.807) is 27.7 Å². The van der Waals surface area contributed by atoms with Crippen molar-refractivity contribution in [1.82, 2.24) is 4.90 Å². The fourth-order valence-corrected chi connectivity index (χ4v) is 2.19. The summed E-state index contributed by atoms with van der Waals surface area (Å²) >= 11 is 0. The maximum atomic E-state index is 12.3. The largest absolute Gasteiger partial charge is 0.481 e. The van der Waals surface area contributed by atoms with Gasteiger partial charge < -0.3 is 9.47 Å². The molecule has 0 radical (unpaired) electrons. The second-order valence-corrected chi connectivity index (χ2v) is 5.91. The molecule has 0 N–H and O–H groups in total. The van der Waals surface area contributed by atoms with Crippen molar-refractivity contribution in [1.29, 1.82) is 0 Å². The molecule has 1 unspecified atom stereocenters. The lowest BCUT2D eigenvalue weighted by Crippen LogP contribution is -2.50. The monoisotopic (exact) mass is 297 g/mol. The molecule has 0 aromatic carbocycles. The fraction of sp³-hybridized carbons (Fsp3) is 0.733. The van der Waals surface area contributed by atoms with Crippen molar-refractivity contribution in [3.63, 3.8) is 0 Å². The number of carbonyl (C=O) groups is 2. The van der Waals surface area contributed by atoms with Crippen LogP contribution >= 0.6 is 0 Å². The maximum absolute atomic E-state index is 12.3. The summed E-state index contributed by atoms with van der Waals surface area (Å²) in [6, 6.07) is -0.711. The third kappa shape index (κ3) is 4.90. The molecule has 118 valence electrons. The van der Waals surface area contributed by atoms with E-state index in [1.165, 1.54) is 10.8 Å². The van der Waals surface area contributed by atoms with E-state index in [-0.39, 0.29) is 12.4 Å². The Labute approximate surface area is 125 Å². The highest BCUT2D eigenvalue weighted by molar-refractivity contribution is 6.04. The van der Waals surface area contributed by atoms with E-state index in [2.05, 4.69) is 0 Å². The highest BCUT2D eigenvalue weighted by Crippen LogP contribution is 2.22. The maximum Gasteiger partial charge on any atom is 0.410 e. The Kier molecular flexibility index (Phi) is 5.97. The molecule has 1 aliphatic rings. The number of ketones is 1. The second kappa shape index (κ2) is 7.27. The molecule has 6 nitrogen and oxygen atoms in total. The summed E-state index contributed by atoms with van der Waals surface area (Å²) in [4.78, 5) is 36.8. The van der Waals surface area contributed by atoms with Gasteiger partial charge in [-0.05, 0) is 47.0 Å². The van der Waals surface area contributed by atoms with Crippen molar-refractivity contribution in [2.75, 3.05) is 13.2 Å². The van der Waals surface area contributed by atoms with E-state index in [0.29, 0.717) is 13.0 Å². The Bertz CT molecular complexity index is 445. The average molecular weight is 297 g/mol. The van der Waals surface area contributed by atoms with Crippen molar-refractivity contribution >= 4 is 17.8 Å². The molecule has 1 amide bonds. The first kappa shape index (κ1) is 17.2. The Morgan fingerprint density at radius 1 is 1.29 bits per heavy atom. The minimum Gasteiger partial charge on any atom is -0.481 e. The van der Waals surface area contributed by atoms with E-state index in [1.807, 2.05) is 0 Å². The van der Waals surface area contributed by atoms with Gasteiger partial charge in [0.05, 0.1) is 6.61 Å². The van der Waals surface area contributed by atoms with Crippen LogP contribution in [0.1, 0.15) is 47.0 Å². The van der Waals surface area contributed by atoms with Crippen LogP contribution in [0.2, 0.25) is 0 Å². The first-order valence-electron chi connectivity index (χ1n) is 7.22. The minimum absolute atomic E-state index is 0.204. The van der Waals surface area contributed by atoms with Crippen molar-refractivity contribution in [3.8, 4) is 0 Å². The molecule has 0 bridgehead atoms. The molecular formula is C15H23NO5. The SMILES string of the molecule is CCOC(=C=O)C(=O)C1CCCCN1C(=O)OC(C)(C)C. The predicted octanol–water partition coefficient (Wildman–Crippen LogP) is 2.10. The summed E-state index contributed by atoms with van der Waals surface area (Å²) in [6.45, 7) is 7.62. The third-order valence-corrected chi connectivity index (χ3v) is 3.04. The number of likely N-dealkylation sites (tertiary alicyclic amines) is 1. The zero-order chi connectivity index (χ0) is 16.0. The van der Waals surface area contributed by atoms with Gasteiger partial charge in [-0.15, -0.1) is 0 Å². The van der Waals surface area contributed by atoms with Crippen LogP contribution in [0, 0.1) is 0 Å². The van der Waals surface area contributed by atoms with Gasteiger partial charge >= 0.3 is 6.09 Å². The van der Waals surface area contributed by atoms with Crippen LogP contribution in [0.15, 0.2) is 5.76 Å². The van der Waals surface area contributed by atoms with Crippen LogP contribution in [0.4, 0.5) is 4.79 Å². The summed E-state index contributed by atoms with van der Waals surface area (Å²) in [5, 5.41) is 0. The molecule has 21 heavy (non-hydrogen) atoms. The number of hydrogen-bond donors (Lipinski definition) is 0. The predicted molar refractivity (Wildman–Crippen MR) is 76.4 cm³/mol. The summed E-state index contributed by atoms with van der Waals surface area (Å²) in [7, 11) is 0. The van der Waals surface area contributed by atoms with Crippen molar-refractivity contribution in [2.24, 2.45) is 0 Å². The van der Waals surface area contributed by atoms with Crippen molar-refractivity contribution < 1.29 is 23.9 Å². The van der Waals surface area contributed by atoms with E-state index in [4.69, 9.17) is 9.47 Å². The normalized spacial score (nSPS) is 18.7. The fourth-order valence-electron chi connectivity index (χ4n) is 2.19. The van der Waals surface area contributed by atoms with Crippen LogP contribution in [-0.4, -0.2) is 47.5 Å². The number of hydrogen-bond acceptors (Lipinski definition) is 5. The number of piperidine rings is 1. The lowest BCUT2D eigenvalue weighted by atomic mass is 9.98. The molecule has 1 rings (SSSR count). The molecule has 1 fully saturated rings. The van der Waals surface area contributed by atoms with Crippen molar-refractivity contribution in [2.45, 2.75) is 58.6 Å². The molecule has 0 spiro atoms. The summed E-state index contributed by atoms with van der Waals surface area (Å²) < 4.78 is 10.3. The number of rotatable bonds is 4. The molecule has 1 heterocycles. The molecule has 1 aliphatic heterocycles. The first-order chi connectivity index (χ1) is 9.80. The molecule has 0 saturated carbocycles. The lowest BCUT2D eigenvalue weighted by Gasteiger charge is -2.35. The summed E-state index contributed by atoms with van der Waals surface area (Å²) in [5.41, 5.74) is -0.634. The highest BCUT2D eigenvalue weighted by Gasteiger charge is 2.37. The van der Waals surface area contributed by atoms with Gasteiger partial charge in [0.15, 0.2) is 5.94 Å². The standard InChI is InChI=1S/C15H23NO5/c1-5-20-12(10-17)13(18)11-8-6-7-9-16(11)14(19)21-15(2,3)4/h11H,5-9H2,1-4H3.